The fraction of sp³-hybridized carbons (Fsp3) is 0.412. The van der Waals surface area contributed by atoms with E-state index in [2.05, 4.69) is 4.98 Å². The number of hydrogen-bond donors (Lipinski definition) is 1. The van der Waals surface area contributed by atoms with Crippen LogP contribution in [0.4, 0.5) is 5.69 Å². The number of nitrogens with zero attached hydrogens (tertiary/aromatic N) is 1. The molecule has 2 aromatic rings. The summed E-state index contributed by atoms with van der Waals surface area (Å²) in [6, 6.07) is 4.36. The fourth-order valence-electron chi connectivity index (χ4n) is 2.63. The lowest BCUT2D eigenvalue weighted by Gasteiger charge is -2.05. The van der Waals surface area contributed by atoms with Gasteiger partial charge in [0.2, 0.25) is 0 Å². The van der Waals surface area contributed by atoms with Crippen molar-refractivity contribution in [3.05, 3.63) is 39.6 Å². The second kappa shape index (κ2) is 8.27. The Morgan fingerprint density at radius 2 is 1.92 bits per heavy atom. The molecule has 0 aliphatic carbocycles. The molecular formula is C17H20N2O6. The van der Waals surface area contributed by atoms with E-state index in [4.69, 9.17) is 9.47 Å². The Balaban J connectivity index is 2.35. The van der Waals surface area contributed by atoms with Crippen molar-refractivity contribution < 1.29 is 24.0 Å². The van der Waals surface area contributed by atoms with Gasteiger partial charge in [0.05, 0.1) is 18.1 Å². The zero-order valence-corrected chi connectivity index (χ0v) is 14.2. The van der Waals surface area contributed by atoms with Gasteiger partial charge in [0, 0.05) is 29.5 Å². The molecule has 25 heavy (non-hydrogen) atoms. The third-order valence-corrected chi connectivity index (χ3v) is 3.69. The summed E-state index contributed by atoms with van der Waals surface area (Å²) in [5.74, 6) is -0.835. The molecule has 134 valence electrons. The van der Waals surface area contributed by atoms with Gasteiger partial charge in [-0.3, -0.25) is 14.9 Å². The Kier molecular flexibility index (Phi) is 6.10. The maximum atomic E-state index is 12.2. The molecular weight excluding hydrogens is 328 g/mol. The first kappa shape index (κ1) is 18.4. The van der Waals surface area contributed by atoms with Crippen LogP contribution >= 0.6 is 0 Å². The number of carbonyl (C=O) groups is 2. The van der Waals surface area contributed by atoms with Crippen molar-refractivity contribution in [2.75, 3.05) is 13.2 Å². The summed E-state index contributed by atoms with van der Waals surface area (Å²) in [6.45, 7) is 3.96. The summed E-state index contributed by atoms with van der Waals surface area (Å²) >= 11 is 0. The highest BCUT2D eigenvalue weighted by atomic mass is 16.6. The van der Waals surface area contributed by atoms with Crippen LogP contribution in [-0.2, 0) is 20.7 Å². The van der Waals surface area contributed by atoms with E-state index in [1.54, 1.807) is 19.9 Å². The van der Waals surface area contributed by atoms with Gasteiger partial charge in [-0.15, -0.1) is 0 Å². The van der Waals surface area contributed by atoms with Gasteiger partial charge in [0.15, 0.2) is 0 Å². The Morgan fingerprint density at radius 3 is 2.56 bits per heavy atom. The summed E-state index contributed by atoms with van der Waals surface area (Å²) in [7, 11) is 0. The highest BCUT2D eigenvalue weighted by Crippen LogP contribution is 2.28. The van der Waals surface area contributed by atoms with Gasteiger partial charge in [-0.25, -0.2) is 4.79 Å². The summed E-state index contributed by atoms with van der Waals surface area (Å²) in [4.78, 5) is 37.2. The Morgan fingerprint density at radius 1 is 1.20 bits per heavy atom. The van der Waals surface area contributed by atoms with Gasteiger partial charge in [-0.05, 0) is 38.3 Å². The molecule has 0 bridgehead atoms. The smallest absolute Gasteiger partial charge is 0.355 e. The first-order valence-corrected chi connectivity index (χ1v) is 8.09. The van der Waals surface area contributed by atoms with Crippen molar-refractivity contribution in [2.24, 2.45) is 0 Å². The second-order valence-electron chi connectivity index (χ2n) is 5.34. The van der Waals surface area contributed by atoms with Crippen molar-refractivity contribution in [1.82, 2.24) is 4.98 Å². The number of fused-ring (bicyclic) bond motifs is 1. The molecule has 0 aliphatic heterocycles. The van der Waals surface area contributed by atoms with Crippen LogP contribution in [0.3, 0.4) is 0 Å². The second-order valence-corrected chi connectivity index (χ2v) is 5.34. The summed E-state index contributed by atoms with van der Waals surface area (Å²) in [5, 5.41) is 11.6. The number of non-ortho nitro benzene ring substituents is 1. The van der Waals surface area contributed by atoms with E-state index in [0.29, 0.717) is 35.9 Å². The SMILES string of the molecule is CCOC(=O)CCCc1c(C(=O)OCC)[nH]c2ccc([N+](=O)[O-])cc12. The van der Waals surface area contributed by atoms with Gasteiger partial charge in [-0.1, -0.05) is 0 Å². The molecule has 8 heteroatoms. The number of benzene rings is 1. The number of ether oxygens (including phenoxy) is 2. The topological polar surface area (TPSA) is 112 Å². The number of carbonyl (C=O) groups excluding carboxylic acids is 2. The molecule has 1 N–H and O–H groups in total. The van der Waals surface area contributed by atoms with E-state index >= 15 is 0 Å². The van der Waals surface area contributed by atoms with Gasteiger partial charge in [0.25, 0.3) is 5.69 Å². The predicted octanol–water partition coefficient (Wildman–Crippen LogP) is 3.14. The molecule has 2 rings (SSSR count). The van der Waals surface area contributed by atoms with E-state index in [9.17, 15) is 19.7 Å². The van der Waals surface area contributed by atoms with Crippen molar-refractivity contribution in [3.8, 4) is 0 Å². The van der Waals surface area contributed by atoms with Crippen LogP contribution in [0.15, 0.2) is 18.2 Å². The van der Waals surface area contributed by atoms with Crippen LogP contribution in [0.1, 0.15) is 42.7 Å². The highest BCUT2D eigenvalue weighted by Gasteiger charge is 2.21. The zero-order chi connectivity index (χ0) is 18.4. The average molecular weight is 348 g/mol. The van der Waals surface area contributed by atoms with Crippen LogP contribution in [0.5, 0.6) is 0 Å². The number of nitro groups is 1. The lowest BCUT2D eigenvalue weighted by atomic mass is 10.0. The number of nitrogens with one attached hydrogen (secondary N) is 1. The maximum absolute atomic E-state index is 12.2. The molecule has 8 nitrogen and oxygen atoms in total. The fourth-order valence-corrected chi connectivity index (χ4v) is 2.63. The largest absolute Gasteiger partial charge is 0.466 e. The van der Waals surface area contributed by atoms with E-state index in [1.807, 2.05) is 0 Å². The normalized spacial score (nSPS) is 10.6. The first-order chi connectivity index (χ1) is 12.0. The third-order valence-electron chi connectivity index (χ3n) is 3.69. The van der Waals surface area contributed by atoms with Gasteiger partial charge >= 0.3 is 11.9 Å². The minimum atomic E-state index is -0.521. The van der Waals surface area contributed by atoms with Crippen molar-refractivity contribution >= 4 is 28.5 Å². The quantitative estimate of drug-likeness (QED) is 0.445. The lowest BCUT2D eigenvalue weighted by Crippen LogP contribution is -2.09. The lowest BCUT2D eigenvalue weighted by molar-refractivity contribution is -0.384. The molecule has 1 aromatic carbocycles. The molecule has 0 radical (unpaired) electrons. The standard InChI is InChI=1S/C17H20N2O6/c1-3-24-15(20)7-5-6-12-13-10-11(19(22)23)8-9-14(13)18-16(12)17(21)25-4-2/h8-10,18H,3-7H2,1-2H3. The molecule has 0 unspecified atom stereocenters. The van der Waals surface area contributed by atoms with Gasteiger partial charge < -0.3 is 14.5 Å². The van der Waals surface area contributed by atoms with Crippen LogP contribution in [0.25, 0.3) is 10.9 Å². The number of esters is 2. The summed E-state index contributed by atoms with van der Waals surface area (Å²) in [5.41, 5.74) is 1.43. The van der Waals surface area contributed by atoms with Crippen molar-refractivity contribution in [3.63, 3.8) is 0 Å². The van der Waals surface area contributed by atoms with E-state index < -0.39 is 10.9 Å². The Labute approximate surface area is 144 Å². The van der Waals surface area contributed by atoms with Gasteiger partial charge in [0.1, 0.15) is 5.69 Å². The van der Waals surface area contributed by atoms with E-state index in [-0.39, 0.29) is 30.4 Å². The number of hydrogen-bond acceptors (Lipinski definition) is 6. The minimum absolute atomic E-state index is 0.0615. The predicted molar refractivity (Wildman–Crippen MR) is 90.5 cm³/mol. The molecule has 0 aliphatic rings. The summed E-state index contributed by atoms with van der Waals surface area (Å²) in [6.07, 6.45) is 1.06. The maximum Gasteiger partial charge on any atom is 0.355 e. The minimum Gasteiger partial charge on any atom is -0.466 e. The third kappa shape index (κ3) is 4.34. The van der Waals surface area contributed by atoms with Crippen molar-refractivity contribution in [1.29, 1.82) is 0 Å². The Hall–Kier alpha value is -2.90. The average Bonchev–Trinajstić information content (AvgIpc) is 2.93. The highest BCUT2D eigenvalue weighted by molar-refractivity contribution is 5.99. The zero-order valence-electron chi connectivity index (χ0n) is 14.2. The molecule has 0 saturated carbocycles. The molecule has 0 spiro atoms. The van der Waals surface area contributed by atoms with E-state index in [0.717, 1.165) is 0 Å². The van der Waals surface area contributed by atoms with Crippen molar-refractivity contribution in [2.45, 2.75) is 33.1 Å². The molecule has 0 atom stereocenters. The van der Waals surface area contributed by atoms with Crippen LogP contribution in [-0.4, -0.2) is 35.1 Å². The molecule has 0 saturated heterocycles. The summed E-state index contributed by atoms with van der Waals surface area (Å²) < 4.78 is 9.93. The number of nitro benzene ring substituents is 1. The molecule has 0 fully saturated rings. The van der Waals surface area contributed by atoms with Crippen LogP contribution < -0.4 is 0 Å². The number of aromatic amines is 1. The molecule has 0 amide bonds. The monoisotopic (exact) mass is 348 g/mol. The number of aromatic nitrogens is 1. The van der Waals surface area contributed by atoms with Gasteiger partial charge in [-0.2, -0.15) is 0 Å². The number of rotatable bonds is 8. The first-order valence-electron chi connectivity index (χ1n) is 8.09. The number of H-pyrrole nitrogens is 1. The molecule has 1 aromatic heterocycles. The molecule has 1 heterocycles. The number of aryl methyl sites for hydroxylation is 1. The van der Waals surface area contributed by atoms with Crippen LogP contribution in [0, 0.1) is 10.1 Å². The van der Waals surface area contributed by atoms with Crippen LogP contribution in [0.2, 0.25) is 0 Å². The Bertz CT molecular complexity index is 796. The van der Waals surface area contributed by atoms with E-state index in [1.165, 1.54) is 12.1 Å².